The third kappa shape index (κ3) is 3.12. The molecule has 23 heavy (non-hydrogen) atoms. The number of carbonyl (C=O) groups is 1. The molecule has 0 radical (unpaired) electrons. The molecular formula is C17H19N3O3. The van der Waals surface area contributed by atoms with Crippen LogP contribution in [0.3, 0.4) is 0 Å². The number of pyridine rings is 1. The lowest BCUT2D eigenvalue weighted by molar-refractivity contribution is -0.108. The molecule has 0 bridgehead atoms. The van der Waals surface area contributed by atoms with E-state index in [0.717, 1.165) is 23.0 Å². The van der Waals surface area contributed by atoms with Gasteiger partial charge >= 0.3 is 0 Å². The van der Waals surface area contributed by atoms with Crippen molar-refractivity contribution in [2.45, 2.75) is 12.5 Å². The molecule has 1 aromatic heterocycles. The molecule has 6 nitrogen and oxygen atoms in total. The van der Waals surface area contributed by atoms with Gasteiger partial charge in [0.1, 0.15) is 12.1 Å². The molecule has 6 heteroatoms. The summed E-state index contributed by atoms with van der Waals surface area (Å²) in [5, 5.41) is 13.0. The molecule has 2 aromatic rings. The number of rotatable bonds is 4. The average molecular weight is 313 g/mol. The van der Waals surface area contributed by atoms with Crippen LogP contribution in [-0.4, -0.2) is 41.4 Å². The standard InChI is InChI=1S/C17H19N3O3/c1-20(6-7-21)10-14-13-5-3-2-4-11(13)8-12-9-15(22)17(23)19-16(12)18-14/h2-5,7,9,14,22H,6,8,10H2,1H3,(H2,18,19,23). The van der Waals surface area contributed by atoms with Gasteiger partial charge in [0, 0.05) is 18.5 Å². The molecule has 0 saturated heterocycles. The first-order valence-corrected chi connectivity index (χ1v) is 7.50. The van der Waals surface area contributed by atoms with Gasteiger partial charge in [-0.1, -0.05) is 24.3 Å². The van der Waals surface area contributed by atoms with Gasteiger partial charge in [-0.2, -0.15) is 0 Å². The van der Waals surface area contributed by atoms with E-state index in [0.29, 0.717) is 25.3 Å². The predicted octanol–water partition coefficient (Wildman–Crippen LogP) is 1.27. The summed E-state index contributed by atoms with van der Waals surface area (Å²) < 4.78 is 0. The molecular weight excluding hydrogens is 294 g/mol. The van der Waals surface area contributed by atoms with Crippen molar-refractivity contribution >= 4 is 12.1 Å². The minimum atomic E-state index is -0.512. The van der Waals surface area contributed by atoms with E-state index in [9.17, 15) is 14.7 Å². The minimum absolute atomic E-state index is 0.0578. The number of aromatic hydroxyl groups is 1. The smallest absolute Gasteiger partial charge is 0.291 e. The second kappa shape index (κ2) is 6.26. The highest BCUT2D eigenvalue weighted by atomic mass is 16.3. The molecule has 0 amide bonds. The molecule has 1 aliphatic rings. The normalized spacial score (nSPS) is 16.2. The van der Waals surface area contributed by atoms with Gasteiger partial charge in [0.25, 0.3) is 5.56 Å². The SMILES string of the molecule is CN(CC=O)CC1Nc2[nH]c(=O)c(O)cc2Cc2ccccc21. The maximum absolute atomic E-state index is 11.7. The summed E-state index contributed by atoms with van der Waals surface area (Å²) in [7, 11) is 1.88. The van der Waals surface area contributed by atoms with E-state index in [2.05, 4.69) is 10.3 Å². The number of hydrogen-bond donors (Lipinski definition) is 3. The zero-order chi connectivity index (χ0) is 16.4. The lowest BCUT2D eigenvalue weighted by Gasteiger charge is -2.24. The van der Waals surface area contributed by atoms with Crippen LogP contribution in [0.25, 0.3) is 0 Å². The summed E-state index contributed by atoms with van der Waals surface area (Å²) in [6.07, 6.45) is 1.49. The highest BCUT2D eigenvalue weighted by Gasteiger charge is 2.23. The summed E-state index contributed by atoms with van der Waals surface area (Å²) in [5.41, 5.74) is 2.59. The summed E-state index contributed by atoms with van der Waals surface area (Å²) in [6.45, 7) is 0.970. The number of hydrogen-bond acceptors (Lipinski definition) is 5. The van der Waals surface area contributed by atoms with Crippen molar-refractivity contribution in [3.05, 3.63) is 57.4 Å². The van der Waals surface area contributed by atoms with Gasteiger partial charge in [0.05, 0.1) is 12.6 Å². The van der Waals surface area contributed by atoms with Gasteiger partial charge in [-0.3, -0.25) is 9.69 Å². The average Bonchev–Trinajstić information content (AvgIpc) is 2.65. The van der Waals surface area contributed by atoms with Gasteiger partial charge < -0.3 is 20.2 Å². The second-order valence-corrected chi connectivity index (χ2v) is 5.84. The predicted molar refractivity (Wildman–Crippen MR) is 87.9 cm³/mol. The third-order valence-electron chi connectivity index (χ3n) is 4.11. The van der Waals surface area contributed by atoms with E-state index in [-0.39, 0.29) is 11.8 Å². The monoisotopic (exact) mass is 313 g/mol. The van der Waals surface area contributed by atoms with Crippen molar-refractivity contribution in [1.82, 2.24) is 9.88 Å². The van der Waals surface area contributed by atoms with Crippen LogP contribution in [0.1, 0.15) is 22.7 Å². The van der Waals surface area contributed by atoms with E-state index in [4.69, 9.17) is 0 Å². The van der Waals surface area contributed by atoms with E-state index in [1.165, 1.54) is 6.07 Å². The molecule has 120 valence electrons. The van der Waals surface area contributed by atoms with Gasteiger partial charge in [-0.15, -0.1) is 0 Å². The Hall–Kier alpha value is -2.60. The Bertz CT molecular complexity index is 785. The van der Waals surface area contributed by atoms with Crippen molar-refractivity contribution in [1.29, 1.82) is 0 Å². The Labute approximate surface area is 133 Å². The first-order chi connectivity index (χ1) is 11.1. The summed E-state index contributed by atoms with van der Waals surface area (Å²) in [5.74, 6) is 0.341. The Morgan fingerprint density at radius 3 is 2.91 bits per heavy atom. The van der Waals surface area contributed by atoms with E-state index in [1.54, 1.807) is 0 Å². The fraction of sp³-hybridized carbons (Fsp3) is 0.294. The molecule has 3 rings (SSSR count). The number of carbonyl (C=O) groups excluding carboxylic acids is 1. The lowest BCUT2D eigenvalue weighted by Crippen LogP contribution is -2.30. The minimum Gasteiger partial charge on any atom is -0.503 e. The largest absolute Gasteiger partial charge is 0.503 e. The lowest BCUT2D eigenvalue weighted by atomic mass is 9.97. The van der Waals surface area contributed by atoms with Gasteiger partial charge in [-0.05, 0) is 24.2 Å². The molecule has 1 atom stereocenters. The number of nitrogens with one attached hydrogen (secondary N) is 2. The van der Waals surface area contributed by atoms with E-state index >= 15 is 0 Å². The van der Waals surface area contributed by atoms with Crippen molar-refractivity contribution < 1.29 is 9.90 Å². The van der Waals surface area contributed by atoms with Crippen LogP contribution in [0.15, 0.2) is 35.1 Å². The van der Waals surface area contributed by atoms with Crippen LogP contribution >= 0.6 is 0 Å². The molecule has 0 spiro atoms. The number of likely N-dealkylation sites (N-methyl/N-ethyl adjacent to an activating group) is 1. The third-order valence-corrected chi connectivity index (χ3v) is 4.11. The zero-order valence-corrected chi connectivity index (χ0v) is 12.9. The summed E-state index contributed by atoms with van der Waals surface area (Å²) in [6, 6.07) is 9.49. The first kappa shape index (κ1) is 15.3. The summed E-state index contributed by atoms with van der Waals surface area (Å²) >= 11 is 0. The molecule has 0 fully saturated rings. The number of benzene rings is 1. The van der Waals surface area contributed by atoms with E-state index in [1.807, 2.05) is 36.2 Å². The van der Waals surface area contributed by atoms with Crippen molar-refractivity contribution in [3.63, 3.8) is 0 Å². The Balaban J connectivity index is 2.03. The number of aromatic nitrogens is 1. The zero-order valence-electron chi connectivity index (χ0n) is 12.9. The molecule has 2 heterocycles. The maximum Gasteiger partial charge on any atom is 0.291 e. The molecule has 1 aromatic carbocycles. The van der Waals surface area contributed by atoms with E-state index < -0.39 is 5.56 Å². The van der Waals surface area contributed by atoms with Crippen LogP contribution in [0, 0.1) is 0 Å². The van der Waals surface area contributed by atoms with Crippen molar-refractivity contribution in [3.8, 4) is 5.75 Å². The van der Waals surface area contributed by atoms with Gasteiger partial charge in [0.2, 0.25) is 0 Å². The quantitative estimate of drug-likeness (QED) is 0.740. The molecule has 1 unspecified atom stereocenters. The fourth-order valence-electron chi connectivity index (χ4n) is 2.98. The number of H-pyrrole nitrogens is 1. The van der Waals surface area contributed by atoms with Crippen molar-refractivity contribution in [2.75, 3.05) is 25.5 Å². The first-order valence-electron chi connectivity index (χ1n) is 7.50. The van der Waals surface area contributed by atoms with Gasteiger partial charge in [0.15, 0.2) is 5.75 Å². The van der Waals surface area contributed by atoms with Crippen LogP contribution in [-0.2, 0) is 11.2 Å². The van der Waals surface area contributed by atoms with Gasteiger partial charge in [-0.25, -0.2) is 0 Å². The Morgan fingerprint density at radius 2 is 2.13 bits per heavy atom. The van der Waals surface area contributed by atoms with Crippen molar-refractivity contribution in [2.24, 2.45) is 0 Å². The molecule has 0 aliphatic carbocycles. The fourth-order valence-corrected chi connectivity index (χ4v) is 2.98. The highest BCUT2D eigenvalue weighted by Crippen LogP contribution is 2.31. The second-order valence-electron chi connectivity index (χ2n) is 5.84. The maximum atomic E-state index is 11.7. The number of aromatic amines is 1. The molecule has 1 aliphatic heterocycles. The van der Waals surface area contributed by atoms with Crippen LogP contribution in [0.5, 0.6) is 5.75 Å². The number of anilines is 1. The number of fused-ring (bicyclic) bond motifs is 2. The topological polar surface area (TPSA) is 85.4 Å². The number of nitrogens with zero attached hydrogens (tertiary/aromatic N) is 1. The van der Waals surface area contributed by atoms with Crippen LogP contribution < -0.4 is 10.9 Å². The highest BCUT2D eigenvalue weighted by molar-refractivity contribution is 5.55. The Kier molecular flexibility index (Phi) is 4.16. The molecule has 0 saturated carbocycles. The summed E-state index contributed by atoms with van der Waals surface area (Å²) in [4.78, 5) is 27.0. The van der Waals surface area contributed by atoms with Crippen LogP contribution in [0.2, 0.25) is 0 Å². The molecule has 3 N–H and O–H groups in total. The number of aldehydes is 1. The van der Waals surface area contributed by atoms with Crippen LogP contribution in [0.4, 0.5) is 5.82 Å². The Morgan fingerprint density at radius 1 is 1.35 bits per heavy atom.